The molecule has 0 rings (SSSR count). The zero-order valence-corrected chi connectivity index (χ0v) is 6.59. The van der Waals surface area contributed by atoms with Crippen molar-refractivity contribution in [3.63, 3.8) is 0 Å². The minimum Gasteiger partial charge on any atom is -0.321 e. The summed E-state index contributed by atoms with van der Waals surface area (Å²) < 4.78 is 0. The van der Waals surface area contributed by atoms with E-state index in [1.807, 2.05) is 13.8 Å². The van der Waals surface area contributed by atoms with E-state index in [1.54, 1.807) is 0 Å². The monoisotopic (exact) mass is 133 g/mol. The topological polar surface area (TPSA) is 3.24 Å². The number of terminal acetylenes is 2. The molecule has 0 aliphatic heterocycles. The molecule has 0 amide bonds. The fourth-order valence-electron chi connectivity index (χ4n) is 0.848. The highest BCUT2D eigenvalue weighted by Crippen LogP contribution is 1.90. The van der Waals surface area contributed by atoms with Crippen LogP contribution < -0.4 is 0 Å². The summed E-state index contributed by atoms with van der Waals surface area (Å²) in [5, 5.41) is 0. The van der Waals surface area contributed by atoms with Crippen molar-refractivity contribution < 1.29 is 0 Å². The Kier molecular flexibility index (Phi) is 4.55. The second-order valence-corrected chi connectivity index (χ2v) is 1.96. The third kappa shape index (κ3) is 2.17. The smallest absolute Gasteiger partial charge is 0.321 e. The fourth-order valence-corrected chi connectivity index (χ4v) is 0.848. The third-order valence-corrected chi connectivity index (χ3v) is 1.49. The van der Waals surface area contributed by atoms with E-state index < -0.39 is 0 Å². The van der Waals surface area contributed by atoms with Crippen LogP contribution in [0.15, 0.2) is 0 Å². The summed E-state index contributed by atoms with van der Waals surface area (Å²) in [5.41, 5.74) is 0. The average Bonchev–Trinajstić information content (AvgIpc) is 2.00. The first-order valence-electron chi connectivity index (χ1n) is 3.46. The molecule has 0 aromatic rings. The molecule has 0 aliphatic rings. The molecule has 1 nitrogen and oxygen atoms in total. The first-order chi connectivity index (χ1) is 4.79. The molecule has 0 aliphatic carbocycles. The SMILES string of the molecule is C#CB(C#C)N(CC)CC. The van der Waals surface area contributed by atoms with Crippen LogP contribution in [-0.4, -0.2) is 24.7 Å². The van der Waals surface area contributed by atoms with Gasteiger partial charge in [-0.05, 0) is 13.1 Å². The van der Waals surface area contributed by atoms with E-state index in [0.717, 1.165) is 13.1 Å². The maximum Gasteiger partial charge on any atom is 0.396 e. The summed E-state index contributed by atoms with van der Waals surface area (Å²) in [6.45, 7) is 5.79. The van der Waals surface area contributed by atoms with E-state index in [0.29, 0.717) is 0 Å². The van der Waals surface area contributed by atoms with Crippen LogP contribution in [-0.2, 0) is 0 Å². The van der Waals surface area contributed by atoms with Crippen LogP contribution in [0.4, 0.5) is 0 Å². The van der Waals surface area contributed by atoms with Crippen molar-refractivity contribution in [1.29, 1.82) is 0 Å². The van der Waals surface area contributed by atoms with E-state index in [4.69, 9.17) is 12.8 Å². The Morgan fingerprint density at radius 2 is 1.60 bits per heavy atom. The van der Waals surface area contributed by atoms with Crippen molar-refractivity contribution in [1.82, 2.24) is 4.81 Å². The number of hydrogen-bond acceptors (Lipinski definition) is 1. The van der Waals surface area contributed by atoms with Crippen molar-refractivity contribution in [2.75, 3.05) is 13.1 Å². The molecule has 10 heavy (non-hydrogen) atoms. The van der Waals surface area contributed by atoms with Gasteiger partial charge in [0.15, 0.2) is 0 Å². The molecule has 0 N–H and O–H groups in total. The molecular formula is C8H12BN. The Morgan fingerprint density at radius 1 is 1.20 bits per heavy atom. The molecule has 0 radical (unpaired) electrons. The number of rotatable bonds is 3. The van der Waals surface area contributed by atoms with Crippen molar-refractivity contribution in [3.05, 3.63) is 0 Å². The Morgan fingerprint density at radius 3 is 1.70 bits per heavy atom. The van der Waals surface area contributed by atoms with Gasteiger partial charge in [0.05, 0.1) is 0 Å². The van der Waals surface area contributed by atoms with E-state index in [9.17, 15) is 0 Å². The van der Waals surface area contributed by atoms with Gasteiger partial charge in [-0.2, -0.15) is 0 Å². The molecule has 52 valence electrons. The second kappa shape index (κ2) is 4.97. The van der Waals surface area contributed by atoms with Crippen molar-refractivity contribution in [2.24, 2.45) is 0 Å². The van der Waals surface area contributed by atoms with Crippen LogP contribution in [0.2, 0.25) is 0 Å². The lowest BCUT2D eigenvalue weighted by Crippen LogP contribution is -2.37. The molecular weight excluding hydrogens is 121 g/mol. The lowest BCUT2D eigenvalue weighted by atomic mass is 9.63. The second-order valence-electron chi connectivity index (χ2n) is 1.96. The van der Waals surface area contributed by atoms with Gasteiger partial charge in [0.25, 0.3) is 0 Å². The Labute approximate surface area is 63.9 Å². The Hall–Kier alpha value is -0.855. The first-order valence-corrected chi connectivity index (χ1v) is 3.46. The van der Waals surface area contributed by atoms with E-state index in [-0.39, 0.29) is 6.85 Å². The van der Waals surface area contributed by atoms with Gasteiger partial charge in [-0.1, -0.05) is 13.8 Å². The summed E-state index contributed by atoms with van der Waals surface area (Å²) >= 11 is 0. The predicted molar refractivity (Wildman–Crippen MR) is 46.3 cm³/mol. The van der Waals surface area contributed by atoms with Gasteiger partial charge in [-0.15, -0.1) is 24.5 Å². The summed E-state index contributed by atoms with van der Waals surface area (Å²) in [5.74, 6) is 5.09. The van der Waals surface area contributed by atoms with Crippen molar-refractivity contribution >= 4 is 6.85 Å². The Bertz CT molecular complexity index is 145. The molecule has 0 heterocycles. The number of nitrogens with zero attached hydrogens (tertiary/aromatic N) is 1. The standard InChI is InChI=1S/C8H12BN/c1-5-9(6-2)10(7-3)8-4/h1-2H,7-8H2,3-4H3. The largest absolute Gasteiger partial charge is 0.396 e. The van der Waals surface area contributed by atoms with Crippen molar-refractivity contribution in [3.8, 4) is 24.5 Å². The van der Waals surface area contributed by atoms with Crippen LogP contribution in [0.5, 0.6) is 0 Å². The quantitative estimate of drug-likeness (QED) is 0.403. The first kappa shape index (κ1) is 9.14. The van der Waals surface area contributed by atoms with Crippen molar-refractivity contribution in [2.45, 2.75) is 13.8 Å². The molecule has 0 aromatic carbocycles. The molecule has 2 heteroatoms. The highest BCUT2D eigenvalue weighted by Gasteiger charge is 2.14. The molecule has 0 spiro atoms. The summed E-state index contributed by atoms with van der Waals surface area (Å²) in [6, 6.07) is 0. The van der Waals surface area contributed by atoms with Gasteiger partial charge < -0.3 is 4.81 Å². The van der Waals surface area contributed by atoms with Crippen LogP contribution >= 0.6 is 0 Å². The molecule has 0 aromatic heterocycles. The van der Waals surface area contributed by atoms with Crippen LogP contribution in [0.1, 0.15) is 13.8 Å². The van der Waals surface area contributed by atoms with Gasteiger partial charge in [-0.3, -0.25) is 0 Å². The van der Waals surface area contributed by atoms with Crippen LogP contribution in [0, 0.1) is 24.5 Å². The van der Waals surface area contributed by atoms with Gasteiger partial charge in [0.2, 0.25) is 0 Å². The Balaban J connectivity index is 4.02. The highest BCUT2D eigenvalue weighted by molar-refractivity contribution is 6.72. The minimum atomic E-state index is -0.130. The zero-order valence-electron chi connectivity index (χ0n) is 6.59. The fraction of sp³-hybridized carbons (Fsp3) is 0.500. The lowest BCUT2D eigenvalue weighted by Gasteiger charge is -2.17. The van der Waals surface area contributed by atoms with Crippen LogP contribution in [0.3, 0.4) is 0 Å². The molecule has 0 atom stereocenters. The van der Waals surface area contributed by atoms with Crippen LogP contribution in [0.25, 0.3) is 0 Å². The third-order valence-electron chi connectivity index (χ3n) is 1.49. The van der Waals surface area contributed by atoms with E-state index in [1.165, 1.54) is 0 Å². The van der Waals surface area contributed by atoms with E-state index in [2.05, 4.69) is 16.5 Å². The highest BCUT2D eigenvalue weighted by atomic mass is 15.0. The molecule has 0 saturated heterocycles. The molecule has 0 saturated carbocycles. The lowest BCUT2D eigenvalue weighted by molar-refractivity contribution is 0.492. The minimum absolute atomic E-state index is 0.130. The number of hydrogen-bond donors (Lipinski definition) is 0. The summed E-state index contributed by atoms with van der Waals surface area (Å²) in [4.78, 5) is 2.06. The van der Waals surface area contributed by atoms with Gasteiger partial charge in [0, 0.05) is 0 Å². The molecule has 0 fully saturated rings. The van der Waals surface area contributed by atoms with Gasteiger partial charge in [-0.25, -0.2) is 0 Å². The zero-order chi connectivity index (χ0) is 7.98. The molecule has 0 unspecified atom stereocenters. The maximum absolute atomic E-state index is 5.20. The summed E-state index contributed by atoms with van der Waals surface area (Å²) in [7, 11) is 0. The van der Waals surface area contributed by atoms with Gasteiger partial charge in [0.1, 0.15) is 0 Å². The maximum atomic E-state index is 5.20. The average molecular weight is 133 g/mol. The predicted octanol–water partition coefficient (Wildman–Crippen LogP) is 0.664. The van der Waals surface area contributed by atoms with Gasteiger partial charge >= 0.3 is 6.85 Å². The molecule has 0 bridgehead atoms. The van der Waals surface area contributed by atoms with E-state index >= 15 is 0 Å². The summed E-state index contributed by atoms with van der Waals surface area (Å²) in [6.07, 6.45) is 10.4. The normalized spacial score (nSPS) is 8.50.